The lowest BCUT2D eigenvalue weighted by atomic mass is 10.0. The van der Waals surface area contributed by atoms with Gasteiger partial charge in [0.25, 0.3) is 0 Å². The first-order chi connectivity index (χ1) is 16.2. The number of hydrogen-bond donors (Lipinski definition) is 2. The molecule has 1 aromatic rings. The summed E-state index contributed by atoms with van der Waals surface area (Å²) in [6.45, 7) is 7.36. The van der Waals surface area contributed by atoms with Crippen LogP contribution in [0.15, 0.2) is 30.3 Å². The third-order valence-corrected chi connectivity index (χ3v) is 6.15. The molecule has 3 rings (SSSR count). The van der Waals surface area contributed by atoms with Gasteiger partial charge in [0.15, 0.2) is 0 Å². The average Bonchev–Trinajstić information content (AvgIpc) is 2.78. The summed E-state index contributed by atoms with van der Waals surface area (Å²) in [6.07, 6.45) is 0.201. The van der Waals surface area contributed by atoms with Gasteiger partial charge in [0.2, 0.25) is 11.8 Å². The van der Waals surface area contributed by atoms with Crippen molar-refractivity contribution in [2.45, 2.75) is 58.8 Å². The van der Waals surface area contributed by atoms with E-state index in [1.807, 2.05) is 51.1 Å². The molecule has 186 valence electrons. The van der Waals surface area contributed by atoms with Gasteiger partial charge < -0.3 is 20.2 Å². The zero-order chi connectivity index (χ0) is 24.8. The highest BCUT2D eigenvalue weighted by Crippen LogP contribution is 2.28. The monoisotopic (exact) mass is 473 g/mol. The Morgan fingerprint density at radius 3 is 2.47 bits per heavy atom. The first kappa shape index (κ1) is 25.5. The minimum atomic E-state index is -1.16. The van der Waals surface area contributed by atoms with Crippen LogP contribution in [-0.4, -0.2) is 87.1 Å². The largest absolute Gasteiger partial charge is 0.481 e. The normalized spacial score (nSPS) is 21.1. The lowest BCUT2D eigenvalue weighted by molar-refractivity contribution is -0.191. The molecule has 1 unspecified atom stereocenters. The molecule has 0 spiro atoms. The number of carbonyl (C=O) groups is 4. The fourth-order valence-electron chi connectivity index (χ4n) is 4.48. The fourth-order valence-corrected chi connectivity index (χ4v) is 4.48. The van der Waals surface area contributed by atoms with E-state index in [0.717, 1.165) is 18.4 Å². The number of urea groups is 1. The quantitative estimate of drug-likeness (QED) is 0.565. The van der Waals surface area contributed by atoms with Gasteiger partial charge in [-0.1, -0.05) is 51.1 Å². The number of carboxylic acids is 1. The number of carboxylic acid groups (broad SMARTS) is 1. The van der Waals surface area contributed by atoms with Gasteiger partial charge in [0.1, 0.15) is 12.2 Å². The van der Waals surface area contributed by atoms with Gasteiger partial charge in [-0.25, -0.2) is 14.8 Å². The van der Waals surface area contributed by atoms with E-state index in [4.69, 9.17) is 0 Å². The van der Waals surface area contributed by atoms with Crippen LogP contribution < -0.4 is 5.32 Å². The van der Waals surface area contributed by atoms with Crippen molar-refractivity contribution in [3.63, 3.8) is 0 Å². The van der Waals surface area contributed by atoms with Crippen LogP contribution >= 0.6 is 0 Å². The van der Waals surface area contributed by atoms with Crippen LogP contribution in [0.1, 0.15) is 45.6 Å². The minimum absolute atomic E-state index is 0.0848. The molecule has 2 fully saturated rings. The van der Waals surface area contributed by atoms with Gasteiger partial charge in [-0.3, -0.25) is 14.4 Å². The summed E-state index contributed by atoms with van der Waals surface area (Å²) in [6, 6.07) is 7.98. The Hall–Kier alpha value is -3.14. The minimum Gasteiger partial charge on any atom is -0.481 e. The summed E-state index contributed by atoms with van der Waals surface area (Å²) >= 11 is 0. The summed E-state index contributed by atoms with van der Waals surface area (Å²) in [5.74, 6) is -1.53. The molecule has 10 heteroatoms. The van der Waals surface area contributed by atoms with Crippen LogP contribution in [0, 0.1) is 5.92 Å². The molecule has 2 aliphatic heterocycles. The number of nitrogens with one attached hydrogen (secondary N) is 1. The summed E-state index contributed by atoms with van der Waals surface area (Å²) in [7, 11) is 0. The maximum atomic E-state index is 13.4. The third kappa shape index (κ3) is 5.85. The van der Waals surface area contributed by atoms with Crippen molar-refractivity contribution in [2.24, 2.45) is 5.92 Å². The first-order valence-electron chi connectivity index (χ1n) is 11.9. The van der Waals surface area contributed by atoms with Crippen molar-refractivity contribution in [1.82, 2.24) is 25.1 Å². The van der Waals surface area contributed by atoms with Crippen LogP contribution in [0.2, 0.25) is 0 Å². The number of fused-ring (bicyclic) bond motifs is 1. The molecule has 4 amide bonds. The molecular weight excluding hydrogens is 438 g/mol. The van der Waals surface area contributed by atoms with E-state index in [1.165, 1.54) is 9.91 Å². The molecule has 10 nitrogen and oxygen atoms in total. The topological polar surface area (TPSA) is 114 Å². The van der Waals surface area contributed by atoms with E-state index in [2.05, 4.69) is 5.32 Å². The summed E-state index contributed by atoms with van der Waals surface area (Å²) in [5, 5.41) is 15.6. The zero-order valence-electron chi connectivity index (χ0n) is 20.1. The first-order valence-corrected chi connectivity index (χ1v) is 11.9. The highest BCUT2D eigenvalue weighted by atomic mass is 16.4. The molecule has 1 aromatic carbocycles. The van der Waals surface area contributed by atoms with Gasteiger partial charge >= 0.3 is 12.0 Å². The van der Waals surface area contributed by atoms with Crippen molar-refractivity contribution in [3.05, 3.63) is 35.9 Å². The van der Waals surface area contributed by atoms with Gasteiger partial charge in [-0.2, -0.15) is 0 Å². The van der Waals surface area contributed by atoms with Crippen molar-refractivity contribution in [1.29, 1.82) is 0 Å². The average molecular weight is 474 g/mol. The number of piperazine rings is 1. The molecule has 2 N–H and O–H groups in total. The predicted octanol–water partition coefficient (Wildman–Crippen LogP) is 1.73. The Labute approximate surface area is 200 Å². The van der Waals surface area contributed by atoms with Crippen LogP contribution in [0.4, 0.5) is 4.79 Å². The molecule has 2 heterocycles. The predicted molar refractivity (Wildman–Crippen MR) is 125 cm³/mol. The van der Waals surface area contributed by atoms with Gasteiger partial charge in [-0.15, -0.1) is 0 Å². The van der Waals surface area contributed by atoms with Crippen LogP contribution in [0.5, 0.6) is 0 Å². The van der Waals surface area contributed by atoms with E-state index in [-0.39, 0.29) is 30.9 Å². The van der Waals surface area contributed by atoms with E-state index in [0.29, 0.717) is 25.6 Å². The van der Waals surface area contributed by atoms with Crippen LogP contribution in [-0.2, 0) is 20.9 Å². The van der Waals surface area contributed by atoms with Crippen molar-refractivity contribution in [2.75, 3.05) is 26.2 Å². The molecule has 0 aromatic heterocycles. The standard InChI is InChI=1S/C24H35N5O5/c1-4-11-27-16-21(30)28-19(13-22(31)32)23(33)26(12-10-17(2)3)15-20(28)29(27)24(34)25-14-18-8-6-5-7-9-18/h5-9,17,19-20H,4,10-16H2,1-3H3,(H,25,34)(H,31,32)/t19?,20-/m1/s1. The Morgan fingerprint density at radius 1 is 1.15 bits per heavy atom. The Bertz CT molecular complexity index is 893. The molecule has 0 radical (unpaired) electrons. The zero-order valence-corrected chi connectivity index (χ0v) is 20.1. The third-order valence-electron chi connectivity index (χ3n) is 6.15. The number of amides is 4. The number of nitrogens with zero attached hydrogens (tertiary/aromatic N) is 4. The number of hydrazine groups is 1. The van der Waals surface area contributed by atoms with Gasteiger partial charge in [-0.05, 0) is 24.3 Å². The molecule has 0 aliphatic carbocycles. The second-order valence-electron chi connectivity index (χ2n) is 9.24. The van der Waals surface area contributed by atoms with E-state index in [9.17, 15) is 24.3 Å². The highest BCUT2D eigenvalue weighted by molar-refractivity contribution is 5.93. The Kier molecular flexibility index (Phi) is 8.49. The molecular formula is C24H35N5O5. The number of benzene rings is 1. The second kappa shape index (κ2) is 11.3. The van der Waals surface area contributed by atoms with E-state index in [1.54, 1.807) is 9.91 Å². The SMILES string of the molecule is CCCN1CC(=O)N2C(CC(=O)O)C(=O)N(CCC(C)C)C[C@H]2N1C(=O)NCc1ccccc1. The van der Waals surface area contributed by atoms with Crippen LogP contribution in [0.3, 0.4) is 0 Å². The summed E-state index contributed by atoms with van der Waals surface area (Å²) in [5.41, 5.74) is 0.934. The van der Waals surface area contributed by atoms with Crippen molar-refractivity contribution in [3.8, 4) is 0 Å². The lowest BCUT2D eigenvalue weighted by Crippen LogP contribution is -2.76. The maximum Gasteiger partial charge on any atom is 0.334 e. The molecule has 0 bridgehead atoms. The molecule has 2 atom stereocenters. The lowest BCUT2D eigenvalue weighted by Gasteiger charge is -2.55. The maximum absolute atomic E-state index is 13.4. The van der Waals surface area contributed by atoms with E-state index >= 15 is 0 Å². The van der Waals surface area contributed by atoms with E-state index < -0.39 is 24.6 Å². The van der Waals surface area contributed by atoms with Crippen LogP contribution in [0.25, 0.3) is 0 Å². The molecule has 0 saturated carbocycles. The van der Waals surface area contributed by atoms with Crippen molar-refractivity contribution < 1.29 is 24.3 Å². The number of rotatable bonds is 9. The number of hydrogen-bond acceptors (Lipinski definition) is 5. The number of aliphatic carboxylic acids is 1. The molecule has 2 saturated heterocycles. The smallest absolute Gasteiger partial charge is 0.334 e. The fraction of sp³-hybridized carbons (Fsp3) is 0.583. The summed E-state index contributed by atoms with van der Waals surface area (Å²) < 4.78 is 0. The second-order valence-corrected chi connectivity index (χ2v) is 9.24. The van der Waals surface area contributed by atoms with Gasteiger partial charge in [0.05, 0.1) is 19.5 Å². The summed E-state index contributed by atoms with van der Waals surface area (Å²) in [4.78, 5) is 54.3. The van der Waals surface area contributed by atoms with Crippen molar-refractivity contribution >= 4 is 23.8 Å². The highest BCUT2D eigenvalue weighted by Gasteiger charge is 2.51. The Morgan fingerprint density at radius 2 is 1.85 bits per heavy atom. The molecule has 34 heavy (non-hydrogen) atoms. The Balaban J connectivity index is 1.91. The number of carbonyl (C=O) groups excluding carboxylic acids is 3. The van der Waals surface area contributed by atoms with Gasteiger partial charge in [0, 0.05) is 19.6 Å². The molecule has 2 aliphatic rings.